The molecule has 3 N–H and O–H groups in total. The van der Waals surface area contributed by atoms with Crippen LogP contribution in [0.15, 0.2) is 40.9 Å². The first-order chi connectivity index (χ1) is 8.97. The molecule has 19 heavy (non-hydrogen) atoms. The normalized spacial score (nSPS) is 10.3. The molecule has 2 aromatic rings. The highest BCUT2D eigenvalue weighted by molar-refractivity contribution is 9.10. The van der Waals surface area contributed by atoms with Crippen molar-refractivity contribution in [3.8, 4) is 0 Å². The van der Waals surface area contributed by atoms with E-state index in [1.54, 1.807) is 12.1 Å². The number of amides is 1. The van der Waals surface area contributed by atoms with Gasteiger partial charge in [0.05, 0.1) is 16.9 Å². The Morgan fingerprint density at radius 1 is 1.26 bits per heavy atom. The van der Waals surface area contributed by atoms with Crippen LogP contribution in [-0.2, 0) is 0 Å². The Balaban J connectivity index is 2.28. The number of anilines is 2. The molecule has 0 saturated carbocycles. The van der Waals surface area contributed by atoms with Crippen molar-refractivity contribution in [2.45, 2.75) is 0 Å². The fourth-order valence-electron chi connectivity index (χ4n) is 1.51. The van der Waals surface area contributed by atoms with Gasteiger partial charge in [0.15, 0.2) is 0 Å². The molecule has 0 aliphatic rings. The van der Waals surface area contributed by atoms with Crippen molar-refractivity contribution in [3.63, 3.8) is 0 Å². The van der Waals surface area contributed by atoms with Gasteiger partial charge in [0, 0.05) is 9.50 Å². The smallest absolute Gasteiger partial charge is 0.258 e. The van der Waals surface area contributed by atoms with Gasteiger partial charge in [0.2, 0.25) is 0 Å². The molecule has 0 fully saturated rings. The van der Waals surface area contributed by atoms with Crippen molar-refractivity contribution < 1.29 is 9.18 Å². The van der Waals surface area contributed by atoms with Crippen molar-refractivity contribution in [2.24, 2.45) is 0 Å². The second-order valence-electron chi connectivity index (χ2n) is 3.81. The Morgan fingerprint density at radius 2 is 2.00 bits per heavy atom. The van der Waals surface area contributed by atoms with Gasteiger partial charge in [0.25, 0.3) is 5.91 Å². The maximum Gasteiger partial charge on any atom is 0.258 e. The second kappa shape index (κ2) is 5.59. The van der Waals surface area contributed by atoms with E-state index in [0.29, 0.717) is 20.9 Å². The predicted octanol–water partition coefficient (Wildman–Crippen LogP) is 4.08. The lowest BCUT2D eigenvalue weighted by molar-refractivity contribution is 0.102. The van der Waals surface area contributed by atoms with Crippen LogP contribution in [0.5, 0.6) is 0 Å². The quantitative estimate of drug-likeness (QED) is 0.807. The lowest BCUT2D eigenvalue weighted by Crippen LogP contribution is -2.14. The van der Waals surface area contributed by atoms with Crippen molar-refractivity contribution >= 4 is 44.8 Å². The Morgan fingerprint density at radius 3 is 2.68 bits per heavy atom. The molecule has 0 saturated heterocycles. The molecule has 0 spiro atoms. The number of benzene rings is 2. The van der Waals surface area contributed by atoms with E-state index in [1.807, 2.05) is 0 Å². The van der Waals surface area contributed by atoms with Crippen LogP contribution < -0.4 is 11.1 Å². The molecule has 1 amide bonds. The molecule has 0 bridgehead atoms. The first-order valence-corrected chi connectivity index (χ1v) is 6.46. The zero-order chi connectivity index (χ0) is 14.0. The van der Waals surface area contributed by atoms with E-state index in [0.717, 1.165) is 0 Å². The van der Waals surface area contributed by atoms with Gasteiger partial charge in [-0.05, 0) is 36.4 Å². The van der Waals surface area contributed by atoms with Gasteiger partial charge >= 0.3 is 0 Å². The zero-order valence-corrected chi connectivity index (χ0v) is 11.9. The van der Waals surface area contributed by atoms with Crippen LogP contribution in [0, 0.1) is 5.82 Å². The Bertz CT molecular complexity index is 649. The lowest BCUT2D eigenvalue weighted by Gasteiger charge is -2.09. The van der Waals surface area contributed by atoms with Crippen LogP contribution >= 0.6 is 27.5 Å². The minimum Gasteiger partial charge on any atom is -0.397 e. The number of carbonyl (C=O) groups excluding carboxylic acids is 1. The third-order valence-corrected chi connectivity index (χ3v) is 3.16. The van der Waals surface area contributed by atoms with Gasteiger partial charge < -0.3 is 11.1 Å². The van der Waals surface area contributed by atoms with Crippen LogP contribution in [0.4, 0.5) is 15.8 Å². The van der Waals surface area contributed by atoms with Crippen molar-refractivity contribution in [1.82, 2.24) is 0 Å². The number of hydrogen-bond donors (Lipinski definition) is 2. The van der Waals surface area contributed by atoms with E-state index in [9.17, 15) is 9.18 Å². The van der Waals surface area contributed by atoms with Gasteiger partial charge in [-0.3, -0.25) is 4.79 Å². The number of carbonyl (C=O) groups is 1. The molecule has 98 valence electrons. The topological polar surface area (TPSA) is 55.1 Å². The van der Waals surface area contributed by atoms with Gasteiger partial charge in [0.1, 0.15) is 5.82 Å². The first-order valence-electron chi connectivity index (χ1n) is 5.29. The van der Waals surface area contributed by atoms with Crippen LogP contribution in [0.1, 0.15) is 10.4 Å². The predicted molar refractivity (Wildman–Crippen MR) is 77.9 cm³/mol. The molecule has 0 unspecified atom stereocenters. The molecular formula is C13H9BrClFN2O. The van der Waals surface area contributed by atoms with E-state index >= 15 is 0 Å². The number of rotatable bonds is 2. The summed E-state index contributed by atoms with van der Waals surface area (Å²) < 4.78 is 14.2. The minimum atomic E-state index is -0.603. The number of nitrogens with one attached hydrogen (secondary N) is 1. The largest absolute Gasteiger partial charge is 0.397 e. The molecule has 0 heterocycles. The summed E-state index contributed by atoms with van der Waals surface area (Å²) in [6.07, 6.45) is 0. The van der Waals surface area contributed by atoms with E-state index in [4.69, 9.17) is 17.3 Å². The molecule has 2 rings (SSSR count). The van der Waals surface area contributed by atoms with Crippen molar-refractivity contribution in [1.29, 1.82) is 0 Å². The first kappa shape index (κ1) is 13.8. The summed E-state index contributed by atoms with van der Waals surface area (Å²) in [5.41, 5.74) is 6.35. The summed E-state index contributed by atoms with van der Waals surface area (Å²) in [5.74, 6) is -1.18. The molecule has 2 aromatic carbocycles. The summed E-state index contributed by atoms with van der Waals surface area (Å²) in [6, 6.07) is 8.79. The third-order valence-electron chi connectivity index (χ3n) is 2.43. The average molecular weight is 344 g/mol. The van der Waals surface area contributed by atoms with Crippen LogP contribution in [0.2, 0.25) is 5.02 Å². The maximum atomic E-state index is 13.6. The highest BCUT2D eigenvalue weighted by atomic mass is 79.9. The minimum absolute atomic E-state index is 0.0660. The number of nitrogens with two attached hydrogens (primary N) is 1. The fraction of sp³-hybridized carbons (Fsp3) is 0. The molecule has 6 heteroatoms. The van der Waals surface area contributed by atoms with Gasteiger partial charge in [-0.2, -0.15) is 0 Å². The molecule has 0 aliphatic heterocycles. The van der Waals surface area contributed by atoms with Gasteiger partial charge in [-0.25, -0.2) is 4.39 Å². The molecule has 0 atom stereocenters. The van der Waals surface area contributed by atoms with Crippen molar-refractivity contribution in [3.05, 3.63) is 57.3 Å². The second-order valence-corrected chi connectivity index (χ2v) is 5.16. The highest BCUT2D eigenvalue weighted by Gasteiger charge is 2.13. The third kappa shape index (κ3) is 3.24. The van der Waals surface area contributed by atoms with Crippen LogP contribution in [-0.4, -0.2) is 5.91 Å². The van der Waals surface area contributed by atoms with E-state index in [2.05, 4.69) is 21.2 Å². The van der Waals surface area contributed by atoms with E-state index in [1.165, 1.54) is 24.3 Å². The number of hydrogen-bond acceptors (Lipinski definition) is 2. The zero-order valence-electron chi connectivity index (χ0n) is 9.58. The Kier molecular flexibility index (Phi) is 4.07. The molecule has 0 aliphatic carbocycles. The highest BCUT2D eigenvalue weighted by Crippen LogP contribution is 2.24. The van der Waals surface area contributed by atoms with E-state index < -0.39 is 11.7 Å². The molecule has 0 aromatic heterocycles. The Labute approximate surface area is 122 Å². The summed E-state index contributed by atoms with van der Waals surface area (Å²) in [6.45, 7) is 0. The molecular weight excluding hydrogens is 335 g/mol. The Hall–Kier alpha value is -1.59. The van der Waals surface area contributed by atoms with E-state index in [-0.39, 0.29) is 5.56 Å². The standard InChI is InChI=1S/C13H9BrClFN2O/c14-7-1-3-10(16)9(5-7)13(19)18-12-4-2-8(15)6-11(12)17/h1-6H,17H2,(H,18,19). The monoisotopic (exact) mass is 342 g/mol. The molecule has 0 radical (unpaired) electrons. The van der Waals surface area contributed by atoms with Crippen molar-refractivity contribution in [2.75, 3.05) is 11.1 Å². The van der Waals surface area contributed by atoms with Crippen LogP contribution in [0.25, 0.3) is 0 Å². The summed E-state index contributed by atoms with van der Waals surface area (Å²) in [4.78, 5) is 12.0. The van der Waals surface area contributed by atoms with Gasteiger partial charge in [-0.15, -0.1) is 0 Å². The summed E-state index contributed by atoms with van der Waals surface area (Å²) >= 11 is 8.94. The van der Waals surface area contributed by atoms with Crippen LogP contribution in [0.3, 0.4) is 0 Å². The molecule has 3 nitrogen and oxygen atoms in total. The number of nitrogen functional groups attached to an aromatic ring is 1. The summed E-state index contributed by atoms with van der Waals surface area (Å²) in [7, 11) is 0. The maximum absolute atomic E-state index is 13.6. The number of halogens is 3. The average Bonchev–Trinajstić information content (AvgIpc) is 2.35. The SMILES string of the molecule is Nc1cc(Cl)ccc1NC(=O)c1cc(Br)ccc1F. The summed E-state index contributed by atoms with van der Waals surface area (Å²) in [5, 5.41) is 3.00. The lowest BCUT2D eigenvalue weighted by atomic mass is 10.2. The van der Waals surface area contributed by atoms with Gasteiger partial charge in [-0.1, -0.05) is 27.5 Å². The fourth-order valence-corrected chi connectivity index (χ4v) is 2.05.